The number of aryl methyl sites for hydroxylation is 4. The molecule has 0 saturated heterocycles. The molecule has 3 aromatic rings. The van der Waals surface area contributed by atoms with Crippen LogP contribution in [0.15, 0.2) is 18.2 Å². The van der Waals surface area contributed by atoms with Crippen LogP contribution in [0.1, 0.15) is 28.8 Å². The van der Waals surface area contributed by atoms with Crippen molar-refractivity contribution < 1.29 is 5.11 Å². The van der Waals surface area contributed by atoms with E-state index in [4.69, 9.17) is 10.1 Å². The highest BCUT2D eigenvalue weighted by atomic mass is 16.3. The first-order chi connectivity index (χ1) is 11.5. The molecule has 2 aromatic heterocycles. The second kappa shape index (κ2) is 5.60. The van der Waals surface area contributed by atoms with Crippen LogP contribution in [0.5, 0.6) is 5.75 Å². The molecule has 5 heteroatoms. The average molecular weight is 322 g/mol. The molecule has 0 bridgehead atoms. The molecule has 0 fully saturated rings. The second-order valence-corrected chi connectivity index (χ2v) is 6.66. The number of rotatable bonds is 1. The van der Waals surface area contributed by atoms with Gasteiger partial charge in [-0.3, -0.25) is 4.68 Å². The summed E-state index contributed by atoms with van der Waals surface area (Å²) in [6, 6.07) is 6.00. The van der Waals surface area contributed by atoms with Gasteiger partial charge in [0, 0.05) is 24.0 Å². The van der Waals surface area contributed by atoms with E-state index < -0.39 is 0 Å². The summed E-state index contributed by atoms with van der Waals surface area (Å²) in [6.45, 7) is 8.84. The van der Waals surface area contributed by atoms with Gasteiger partial charge in [0.25, 0.3) is 0 Å². The maximum Gasteiger partial charge on any atom is 0.119 e. The molecular weight excluding hydrogens is 300 g/mol. The molecule has 0 amide bonds. The number of hydrogen-bond donors (Lipinski definition) is 2. The number of aromatic nitrogens is 3. The number of phenolic OH excluding ortho intramolecular Hbond substituents is 1. The predicted octanol–water partition coefficient (Wildman–Crippen LogP) is 3.22. The lowest BCUT2D eigenvalue weighted by Crippen LogP contribution is -2.11. The van der Waals surface area contributed by atoms with Crippen LogP contribution in [-0.2, 0) is 13.1 Å². The highest BCUT2D eigenvalue weighted by Crippen LogP contribution is 2.33. The minimum absolute atomic E-state index is 0.331. The van der Waals surface area contributed by atoms with Crippen molar-refractivity contribution in [1.29, 1.82) is 0 Å². The van der Waals surface area contributed by atoms with Gasteiger partial charge in [-0.2, -0.15) is 5.10 Å². The number of nitrogens with one attached hydrogen (secondary N) is 1. The molecule has 2 N–H and O–H groups in total. The molecule has 1 aromatic carbocycles. The van der Waals surface area contributed by atoms with E-state index in [0.717, 1.165) is 65.0 Å². The van der Waals surface area contributed by atoms with Gasteiger partial charge in [-0.05, 0) is 63.1 Å². The Morgan fingerprint density at radius 3 is 2.75 bits per heavy atom. The lowest BCUT2D eigenvalue weighted by molar-refractivity contribution is 0.471. The van der Waals surface area contributed by atoms with Crippen molar-refractivity contribution in [1.82, 2.24) is 20.1 Å². The van der Waals surface area contributed by atoms with Crippen LogP contribution in [0, 0.1) is 20.8 Å². The van der Waals surface area contributed by atoms with Crippen LogP contribution < -0.4 is 5.32 Å². The van der Waals surface area contributed by atoms with Crippen molar-refractivity contribution in [3.63, 3.8) is 0 Å². The van der Waals surface area contributed by atoms with Crippen molar-refractivity contribution in [2.75, 3.05) is 6.54 Å². The molecular formula is C19H22N4O. The summed E-state index contributed by atoms with van der Waals surface area (Å²) >= 11 is 0. The van der Waals surface area contributed by atoms with Gasteiger partial charge in [0.15, 0.2) is 0 Å². The van der Waals surface area contributed by atoms with Crippen molar-refractivity contribution in [3.05, 3.63) is 40.6 Å². The third kappa shape index (κ3) is 2.36. The fraction of sp³-hybridized carbons (Fsp3) is 0.368. The SMILES string of the molecule is Cc1cc(O)c(C)c2c(C)cc(-c3cc4n(n3)CCCNC4)nc12. The summed E-state index contributed by atoms with van der Waals surface area (Å²) in [7, 11) is 0. The normalized spacial score (nSPS) is 14.6. The molecule has 3 heterocycles. The molecule has 0 atom stereocenters. The van der Waals surface area contributed by atoms with Gasteiger partial charge in [0.2, 0.25) is 0 Å². The van der Waals surface area contributed by atoms with Crippen molar-refractivity contribution in [3.8, 4) is 17.1 Å². The monoisotopic (exact) mass is 322 g/mol. The summed E-state index contributed by atoms with van der Waals surface area (Å²) < 4.78 is 2.09. The summed E-state index contributed by atoms with van der Waals surface area (Å²) in [5.41, 5.74) is 6.96. The lowest BCUT2D eigenvalue weighted by atomic mass is 9.99. The fourth-order valence-electron chi connectivity index (χ4n) is 3.56. The Morgan fingerprint density at radius 1 is 1.08 bits per heavy atom. The Kier molecular flexibility index (Phi) is 3.53. The number of aromatic hydroxyl groups is 1. The minimum atomic E-state index is 0.331. The molecule has 0 saturated carbocycles. The molecule has 5 nitrogen and oxygen atoms in total. The number of fused-ring (bicyclic) bond motifs is 2. The molecule has 1 aliphatic heterocycles. The Bertz CT molecular complexity index is 919. The molecule has 0 aliphatic carbocycles. The van der Waals surface area contributed by atoms with Crippen LogP contribution in [0.2, 0.25) is 0 Å². The Balaban J connectivity index is 1.89. The van der Waals surface area contributed by atoms with Gasteiger partial charge in [0.05, 0.1) is 16.9 Å². The quantitative estimate of drug-likeness (QED) is 0.722. The number of phenols is 1. The minimum Gasteiger partial charge on any atom is -0.508 e. The summed E-state index contributed by atoms with van der Waals surface area (Å²) in [5, 5.41) is 19.3. The zero-order valence-corrected chi connectivity index (χ0v) is 14.3. The Hall–Kier alpha value is -2.40. The first-order valence-corrected chi connectivity index (χ1v) is 8.43. The van der Waals surface area contributed by atoms with Crippen LogP contribution in [0.4, 0.5) is 0 Å². The predicted molar refractivity (Wildman–Crippen MR) is 95.2 cm³/mol. The maximum atomic E-state index is 10.1. The molecule has 1 aliphatic rings. The Labute approximate surface area is 141 Å². The fourth-order valence-corrected chi connectivity index (χ4v) is 3.56. The third-order valence-corrected chi connectivity index (χ3v) is 4.86. The van der Waals surface area contributed by atoms with E-state index in [1.165, 1.54) is 5.69 Å². The summed E-state index contributed by atoms with van der Waals surface area (Å²) in [4.78, 5) is 4.87. The summed E-state index contributed by atoms with van der Waals surface area (Å²) in [5.74, 6) is 0.331. The first kappa shape index (κ1) is 15.1. The molecule has 0 radical (unpaired) electrons. The van der Waals surface area contributed by atoms with E-state index in [2.05, 4.69) is 29.1 Å². The highest BCUT2D eigenvalue weighted by Gasteiger charge is 2.16. The zero-order valence-electron chi connectivity index (χ0n) is 14.3. The van der Waals surface area contributed by atoms with Crippen molar-refractivity contribution >= 4 is 10.9 Å². The van der Waals surface area contributed by atoms with Gasteiger partial charge < -0.3 is 10.4 Å². The number of benzene rings is 1. The van der Waals surface area contributed by atoms with Gasteiger partial charge >= 0.3 is 0 Å². The van der Waals surface area contributed by atoms with Gasteiger partial charge in [-0.1, -0.05) is 0 Å². The summed E-state index contributed by atoms with van der Waals surface area (Å²) in [6.07, 6.45) is 1.09. The topological polar surface area (TPSA) is 63.0 Å². The van der Waals surface area contributed by atoms with Crippen LogP contribution in [0.3, 0.4) is 0 Å². The van der Waals surface area contributed by atoms with E-state index in [-0.39, 0.29) is 0 Å². The zero-order chi connectivity index (χ0) is 16.8. The van der Waals surface area contributed by atoms with Crippen LogP contribution in [0.25, 0.3) is 22.3 Å². The van der Waals surface area contributed by atoms with Crippen molar-refractivity contribution in [2.45, 2.75) is 40.3 Å². The molecule has 0 unspecified atom stereocenters. The number of nitrogens with zero attached hydrogens (tertiary/aromatic N) is 3. The first-order valence-electron chi connectivity index (χ1n) is 8.43. The largest absolute Gasteiger partial charge is 0.508 e. The van der Waals surface area contributed by atoms with Gasteiger partial charge in [-0.25, -0.2) is 4.98 Å². The standard InChI is InChI=1S/C19H22N4O/c1-11-7-15(16-9-14-10-20-5-4-6-23(14)22-16)21-19-12(2)8-17(24)13(3)18(11)19/h7-9,20,24H,4-6,10H2,1-3H3. The number of pyridine rings is 1. The van der Waals surface area contributed by atoms with E-state index in [9.17, 15) is 5.11 Å². The van der Waals surface area contributed by atoms with Crippen LogP contribution in [-0.4, -0.2) is 26.4 Å². The third-order valence-electron chi connectivity index (χ3n) is 4.86. The highest BCUT2D eigenvalue weighted by molar-refractivity contribution is 5.91. The van der Waals surface area contributed by atoms with Crippen LogP contribution >= 0.6 is 0 Å². The van der Waals surface area contributed by atoms with Gasteiger partial charge in [0.1, 0.15) is 11.4 Å². The van der Waals surface area contributed by atoms with E-state index in [1.54, 1.807) is 6.07 Å². The van der Waals surface area contributed by atoms with E-state index in [0.29, 0.717) is 5.75 Å². The lowest BCUT2D eigenvalue weighted by Gasteiger charge is -2.11. The molecule has 124 valence electrons. The van der Waals surface area contributed by atoms with E-state index >= 15 is 0 Å². The number of hydrogen-bond acceptors (Lipinski definition) is 4. The average Bonchev–Trinajstić information content (AvgIpc) is 2.83. The molecule has 0 spiro atoms. The molecule has 4 rings (SSSR count). The van der Waals surface area contributed by atoms with E-state index in [1.807, 2.05) is 13.8 Å². The maximum absolute atomic E-state index is 10.1. The Morgan fingerprint density at radius 2 is 1.92 bits per heavy atom. The van der Waals surface area contributed by atoms with Crippen molar-refractivity contribution in [2.24, 2.45) is 0 Å². The van der Waals surface area contributed by atoms with Gasteiger partial charge in [-0.15, -0.1) is 0 Å². The molecule has 24 heavy (non-hydrogen) atoms. The smallest absolute Gasteiger partial charge is 0.119 e. The second-order valence-electron chi connectivity index (χ2n) is 6.66.